The van der Waals surface area contributed by atoms with E-state index in [1.165, 1.54) is 0 Å². The van der Waals surface area contributed by atoms with Crippen LogP contribution in [-0.2, 0) is 9.53 Å². The lowest BCUT2D eigenvalue weighted by atomic mass is 9.92. The lowest BCUT2D eigenvalue weighted by Crippen LogP contribution is -2.48. The SMILES string of the molecule is CSCC[C@H](N)C(=O)NC1CCCC(OCC(F)(F)F)C1. The second-order valence-electron chi connectivity index (χ2n) is 5.31. The molecule has 0 aromatic rings. The number of hydrogen-bond donors (Lipinski definition) is 2. The van der Waals surface area contributed by atoms with E-state index in [1.54, 1.807) is 11.8 Å². The van der Waals surface area contributed by atoms with E-state index in [1.807, 2.05) is 6.26 Å². The van der Waals surface area contributed by atoms with Gasteiger partial charge in [0.05, 0.1) is 12.1 Å². The molecule has 0 aromatic carbocycles. The molecule has 1 aliphatic carbocycles. The van der Waals surface area contributed by atoms with Crippen molar-refractivity contribution >= 4 is 17.7 Å². The highest BCUT2D eigenvalue weighted by molar-refractivity contribution is 7.98. The maximum absolute atomic E-state index is 12.1. The van der Waals surface area contributed by atoms with Crippen LogP contribution >= 0.6 is 11.8 Å². The minimum atomic E-state index is -4.31. The minimum absolute atomic E-state index is 0.148. The lowest BCUT2D eigenvalue weighted by molar-refractivity contribution is -0.188. The Balaban J connectivity index is 2.33. The monoisotopic (exact) mass is 328 g/mol. The highest BCUT2D eigenvalue weighted by Crippen LogP contribution is 2.24. The molecule has 0 aliphatic heterocycles. The molecule has 1 rings (SSSR count). The van der Waals surface area contributed by atoms with Crippen molar-refractivity contribution in [1.82, 2.24) is 5.32 Å². The third kappa shape index (κ3) is 7.92. The van der Waals surface area contributed by atoms with Gasteiger partial charge in [0.2, 0.25) is 5.91 Å². The lowest BCUT2D eigenvalue weighted by Gasteiger charge is -2.30. The van der Waals surface area contributed by atoms with E-state index in [0.29, 0.717) is 19.3 Å². The highest BCUT2D eigenvalue weighted by atomic mass is 32.2. The van der Waals surface area contributed by atoms with Crippen LogP contribution in [0.25, 0.3) is 0 Å². The quantitative estimate of drug-likeness (QED) is 0.751. The van der Waals surface area contributed by atoms with Gasteiger partial charge in [0.1, 0.15) is 6.61 Å². The molecule has 8 heteroatoms. The van der Waals surface area contributed by atoms with E-state index < -0.39 is 24.9 Å². The molecule has 0 aromatic heterocycles. The number of rotatable bonds is 7. The number of amides is 1. The van der Waals surface area contributed by atoms with E-state index in [-0.39, 0.29) is 11.9 Å². The molecule has 0 heterocycles. The molecule has 124 valence electrons. The summed E-state index contributed by atoms with van der Waals surface area (Å²) in [6, 6.07) is -0.710. The number of nitrogens with two attached hydrogens (primary N) is 1. The number of ether oxygens (including phenoxy) is 1. The van der Waals surface area contributed by atoms with Crippen LogP contribution in [0.2, 0.25) is 0 Å². The summed E-state index contributed by atoms with van der Waals surface area (Å²) in [7, 11) is 0. The van der Waals surface area contributed by atoms with E-state index in [2.05, 4.69) is 5.32 Å². The van der Waals surface area contributed by atoms with Crippen molar-refractivity contribution in [1.29, 1.82) is 0 Å². The van der Waals surface area contributed by atoms with Gasteiger partial charge >= 0.3 is 6.18 Å². The van der Waals surface area contributed by atoms with Crippen molar-refractivity contribution in [3.8, 4) is 0 Å². The van der Waals surface area contributed by atoms with Crippen LogP contribution in [0.15, 0.2) is 0 Å². The molecule has 1 saturated carbocycles. The van der Waals surface area contributed by atoms with Crippen molar-refractivity contribution in [2.45, 2.75) is 56.5 Å². The number of halogens is 3. The van der Waals surface area contributed by atoms with Crippen LogP contribution in [0.3, 0.4) is 0 Å². The summed E-state index contributed by atoms with van der Waals surface area (Å²) in [5.74, 6) is 0.571. The fraction of sp³-hybridized carbons (Fsp3) is 0.923. The smallest absolute Gasteiger partial charge is 0.369 e. The summed E-state index contributed by atoms with van der Waals surface area (Å²) in [5.41, 5.74) is 5.77. The topological polar surface area (TPSA) is 64.4 Å². The Hall–Kier alpha value is -0.470. The summed E-state index contributed by atoms with van der Waals surface area (Å²) in [4.78, 5) is 11.9. The highest BCUT2D eigenvalue weighted by Gasteiger charge is 2.31. The Bertz CT molecular complexity index is 329. The zero-order valence-corrected chi connectivity index (χ0v) is 12.9. The molecular formula is C13H23F3N2O2S. The maximum atomic E-state index is 12.1. The summed E-state index contributed by atoms with van der Waals surface area (Å²) >= 11 is 1.62. The summed E-state index contributed by atoms with van der Waals surface area (Å²) in [6.07, 6.45) is 0.282. The number of alkyl halides is 3. The molecule has 1 amide bonds. The Morgan fingerprint density at radius 3 is 2.81 bits per heavy atom. The summed E-state index contributed by atoms with van der Waals surface area (Å²) in [6.45, 7) is -1.23. The zero-order chi connectivity index (χ0) is 15.9. The standard InChI is InChI=1S/C13H23F3N2O2S/c1-21-6-5-11(17)12(19)18-9-3-2-4-10(7-9)20-8-13(14,15)16/h9-11H,2-8,17H2,1H3,(H,18,19)/t9?,10?,11-/m0/s1. The molecule has 2 unspecified atom stereocenters. The first kappa shape index (κ1) is 18.6. The van der Waals surface area contributed by atoms with Crippen LogP contribution in [0.4, 0.5) is 13.2 Å². The van der Waals surface area contributed by atoms with Crippen molar-refractivity contribution in [2.24, 2.45) is 5.73 Å². The van der Waals surface area contributed by atoms with Gasteiger partial charge in [-0.05, 0) is 44.1 Å². The average Bonchev–Trinajstić information content (AvgIpc) is 2.42. The molecular weight excluding hydrogens is 305 g/mol. The van der Waals surface area contributed by atoms with Crippen molar-refractivity contribution < 1.29 is 22.7 Å². The van der Waals surface area contributed by atoms with Crippen LogP contribution < -0.4 is 11.1 Å². The predicted octanol–water partition coefficient (Wildman–Crippen LogP) is 2.07. The van der Waals surface area contributed by atoms with Gasteiger partial charge in [-0.1, -0.05) is 0 Å². The van der Waals surface area contributed by atoms with Crippen LogP contribution in [-0.4, -0.2) is 48.9 Å². The van der Waals surface area contributed by atoms with Gasteiger partial charge in [-0.2, -0.15) is 24.9 Å². The molecule has 3 atom stereocenters. The molecule has 1 fully saturated rings. The van der Waals surface area contributed by atoms with Crippen molar-refractivity contribution in [2.75, 3.05) is 18.6 Å². The molecule has 0 saturated heterocycles. The molecule has 21 heavy (non-hydrogen) atoms. The van der Waals surface area contributed by atoms with Crippen molar-refractivity contribution in [3.05, 3.63) is 0 Å². The number of hydrogen-bond acceptors (Lipinski definition) is 4. The Morgan fingerprint density at radius 2 is 2.19 bits per heavy atom. The fourth-order valence-electron chi connectivity index (χ4n) is 2.32. The second kappa shape index (κ2) is 8.85. The molecule has 1 aliphatic rings. The Morgan fingerprint density at radius 1 is 1.48 bits per heavy atom. The van der Waals surface area contributed by atoms with Gasteiger partial charge in [0, 0.05) is 6.04 Å². The second-order valence-corrected chi connectivity index (χ2v) is 6.29. The van der Waals surface area contributed by atoms with E-state index in [0.717, 1.165) is 18.6 Å². The van der Waals surface area contributed by atoms with E-state index in [4.69, 9.17) is 10.5 Å². The number of thioether (sulfide) groups is 1. The molecule has 4 nitrogen and oxygen atoms in total. The van der Waals surface area contributed by atoms with Gasteiger partial charge < -0.3 is 15.8 Å². The van der Waals surface area contributed by atoms with Crippen molar-refractivity contribution in [3.63, 3.8) is 0 Å². The minimum Gasteiger partial charge on any atom is -0.369 e. The third-order valence-corrected chi connectivity index (χ3v) is 4.07. The maximum Gasteiger partial charge on any atom is 0.411 e. The first-order chi connectivity index (χ1) is 9.81. The number of nitrogens with one attached hydrogen (secondary N) is 1. The van der Waals surface area contributed by atoms with Crippen LogP contribution in [0.1, 0.15) is 32.1 Å². The summed E-state index contributed by atoms with van der Waals surface area (Å²) in [5, 5.41) is 2.82. The largest absolute Gasteiger partial charge is 0.411 e. The normalized spacial score (nSPS) is 24.6. The van der Waals surface area contributed by atoms with Gasteiger partial charge in [-0.25, -0.2) is 0 Å². The first-order valence-corrected chi connectivity index (χ1v) is 8.44. The summed E-state index contributed by atoms with van der Waals surface area (Å²) < 4.78 is 41.3. The number of carbonyl (C=O) groups excluding carboxylic acids is 1. The van der Waals surface area contributed by atoms with Crippen LogP contribution in [0, 0.1) is 0 Å². The predicted molar refractivity (Wildman–Crippen MR) is 77.2 cm³/mol. The van der Waals surface area contributed by atoms with E-state index in [9.17, 15) is 18.0 Å². The van der Waals surface area contributed by atoms with Gasteiger partial charge in [0.25, 0.3) is 0 Å². The first-order valence-electron chi connectivity index (χ1n) is 7.05. The average molecular weight is 328 g/mol. The fourth-order valence-corrected chi connectivity index (χ4v) is 2.81. The Kier molecular flexibility index (Phi) is 7.83. The molecule has 3 N–H and O–H groups in total. The van der Waals surface area contributed by atoms with Gasteiger partial charge in [-0.3, -0.25) is 4.79 Å². The molecule has 0 radical (unpaired) electrons. The third-order valence-electron chi connectivity index (χ3n) is 3.42. The Labute approximate surface area is 127 Å². The van der Waals surface area contributed by atoms with E-state index >= 15 is 0 Å². The van der Waals surface area contributed by atoms with Gasteiger partial charge in [0.15, 0.2) is 0 Å². The van der Waals surface area contributed by atoms with Crippen LogP contribution in [0.5, 0.6) is 0 Å². The zero-order valence-electron chi connectivity index (χ0n) is 12.1. The molecule has 0 spiro atoms. The van der Waals surface area contributed by atoms with Gasteiger partial charge in [-0.15, -0.1) is 0 Å². The molecule has 0 bridgehead atoms. The number of carbonyl (C=O) groups is 1.